The molecule has 0 atom stereocenters. The van der Waals surface area contributed by atoms with Gasteiger partial charge in [-0.05, 0) is 50.2 Å². The minimum Gasteiger partial charge on any atom is -0.340 e. The van der Waals surface area contributed by atoms with Crippen LogP contribution in [0.2, 0.25) is 0 Å². The van der Waals surface area contributed by atoms with E-state index in [9.17, 15) is 0 Å². The highest BCUT2D eigenvalue weighted by Crippen LogP contribution is 2.32. The first kappa shape index (κ1) is 18.5. The monoisotopic (exact) mass is 324 g/mol. The van der Waals surface area contributed by atoms with Crippen molar-refractivity contribution in [2.45, 2.75) is 46.1 Å². The summed E-state index contributed by atoms with van der Waals surface area (Å²) in [5.74, 6) is 0. The van der Waals surface area contributed by atoms with Gasteiger partial charge in [-0.25, -0.2) is 0 Å². The highest BCUT2D eigenvalue weighted by molar-refractivity contribution is 5.63. The Balaban J connectivity index is 2.43. The molecule has 0 saturated heterocycles. The van der Waals surface area contributed by atoms with E-state index in [0.717, 1.165) is 32.5 Å². The number of likely N-dealkylation sites (N-methyl/N-ethyl adjacent to an activating group) is 1. The maximum Gasteiger partial charge on any atom is 0.0415 e. The molecule has 2 heteroatoms. The molecule has 0 bridgehead atoms. The van der Waals surface area contributed by atoms with Crippen molar-refractivity contribution in [1.82, 2.24) is 4.90 Å². The molecule has 0 aliphatic carbocycles. The van der Waals surface area contributed by atoms with Gasteiger partial charge in [0, 0.05) is 23.5 Å². The number of para-hydroxylation sites is 2. The van der Waals surface area contributed by atoms with Gasteiger partial charge in [-0.3, -0.25) is 4.90 Å². The van der Waals surface area contributed by atoms with Crippen molar-refractivity contribution in [3.8, 4) is 0 Å². The fourth-order valence-electron chi connectivity index (χ4n) is 3.76. The molecular formula is C22H32N2. The van der Waals surface area contributed by atoms with Gasteiger partial charge < -0.3 is 4.90 Å². The Morgan fingerprint density at radius 1 is 0.667 bits per heavy atom. The van der Waals surface area contributed by atoms with E-state index in [1.165, 1.54) is 11.4 Å². The molecule has 0 aromatic heterocycles. The average Bonchev–Trinajstić information content (AvgIpc) is 2.67. The lowest BCUT2D eigenvalue weighted by Crippen LogP contribution is -2.54. The van der Waals surface area contributed by atoms with Crippen LogP contribution in [0.4, 0.5) is 11.4 Å². The molecule has 0 N–H and O–H groups in total. The van der Waals surface area contributed by atoms with Gasteiger partial charge in [0.1, 0.15) is 0 Å². The minimum atomic E-state index is 0.190. The predicted octanol–water partition coefficient (Wildman–Crippen LogP) is 5.73. The lowest BCUT2D eigenvalue weighted by molar-refractivity contribution is 0.0972. The minimum absolute atomic E-state index is 0.190. The second-order valence-corrected chi connectivity index (χ2v) is 6.36. The predicted molar refractivity (Wildman–Crippen MR) is 106 cm³/mol. The molecule has 0 fully saturated rings. The topological polar surface area (TPSA) is 6.48 Å². The molecule has 130 valence electrons. The molecule has 0 radical (unpaired) electrons. The summed E-state index contributed by atoms with van der Waals surface area (Å²) in [5.41, 5.74) is 2.72. The van der Waals surface area contributed by atoms with Crippen LogP contribution in [-0.2, 0) is 0 Å². The lowest BCUT2D eigenvalue weighted by atomic mass is 9.89. The number of nitrogens with zero attached hydrogens (tertiary/aromatic N) is 2. The molecule has 0 aliphatic rings. The fraction of sp³-hybridized carbons (Fsp3) is 0.455. The Hall–Kier alpha value is -1.80. The summed E-state index contributed by atoms with van der Waals surface area (Å²) < 4.78 is 0. The Morgan fingerprint density at radius 2 is 1.08 bits per heavy atom. The Kier molecular flexibility index (Phi) is 6.86. The first-order chi connectivity index (χ1) is 11.7. The van der Waals surface area contributed by atoms with Crippen LogP contribution in [0.15, 0.2) is 60.7 Å². The summed E-state index contributed by atoms with van der Waals surface area (Å²) in [6.45, 7) is 12.4. The van der Waals surface area contributed by atoms with Gasteiger partial charge in [0.15, 0.2) is 0 Å². The molecule has 24 heavy (non-hydrogen) atoms. The van der Waals surface area contributed by atoms with E-state index in [4.69, 9.17) is 0 Å². The van der Waals surface area contributed by atoms with E-state index in [1.807, 2.05) is 0 Å². The average molecular weight is 325 g/mol. The molecule has 0 aliphatic heterocycles. The zero-order chi connectivity index (χ0) is 17.4. The summed E-state index contributed by atoms with van der Waals surface area (Å²) in [4.78, 5) is 5.11. The van der Waals surface area contributed by atoms with Crippen molar-refractivity contribution in [1.29, 1.82) is 0 Å². The van der Waals surface area contributed by atoms with Crippen LogP contribution in [0.25, 0.3) is 0 Å². The van der Waals surface area contributed by atoms with E-state index in [0.29, 0.717) is 0 Å². The number of hydrogen-bond donors (Lipinski definition) is 0. The molecule has 0 heterocycles. The summed E-state index contributed by atoms with van der Waals surface area (Å²) in [6.07, 6.45) is 2.31. The molecule has 0 spiro atoms. The van der Waals surface area contributed by atoms with E-state index in [-0.39, 0.29) is 5.54 Å². The molecule has 0 unspecified atom stereocenters. The fourth-order valence-corrected chi connectivity index (χ4v) is 3.76. The SMILES string of the molecule is CCN(CC)C(CC)(CC)CN(c1ccccc1)c1ccccc1. The van der Waals surface area contributed by atoms with E-state index < -0.39 is 0 Å². The van der Waals surface area contributed by atoms with Crippen LogP contribution in [0.1, 0.15) is 40.5 Å². The maximum absolute atomic E-state index is 2.63. The summed E-state index contributed by atoms with van der Waals surface area (Å²) >= 11 is 0. The molecular weight excluding hydrogens is 292 g/mol. The molecule has 0 saturated carbocycles. The van der Waals surface area contributed by atoms with Crippen molar-refractivity contribution < 1.29 is 0 Å². The zero-order valence-electron chi connectivity index (χ0n) is 15.7. The third-order valence-electron chi connectivity index (χ3n) is 5.34. The van der Waals surface area contributed by atoms with E-state index in [1.54, 1.807) is 0 Å². The number of anilines is 2. The van der Waals surface area contributed by atoms with Crippen molar-refractivity contribution in [3.05, 3.63) is 60.7 Å². The number of hydrogen-bond acceptors (Lipinski definition) is 2. The molecule has 0 amide bonds. The molecule has 2 rings (SSSR count). The van der Waals surface area contributed by atoms with Gasteiger partial charge in [-0.2, -0.15) is 0 Å². The Bertz CT molecular complexity index is 532. The van der Waals surface area contributed by atoms with Crippen LogP contribution < -0.4 is 4.90 Å². The molecule has 2 aromatic carbocycles. The van der Waals surface area contributed by atoms with Crippen LogP contribution in [-0.4, -0.2) is 30.1 Å². The highest BCUT2D eigenvalue weighted by atomic mass is 15.3. The lowest BCUT2D eigenvalue weighted by Gasteiger charge is -2.46. The van der Waals surface area contributed by atoms with Crippen molar-refractivity contribution in [2.24, 2.45) is 0 Å². The van der Waals surface area contributed by atoms with E-state index in [2.05, 4.69) is 98.2 Å². The van der Waals surface area contributed by atoms with Crippen LogP contribution in [0.3, 0.4) is 0 Å². The van der Waals surface area contributed by atoms with Crippen molar-refractivity contribution in [3.63, 3.8) is 0 Å². The Morgan fingerprint density at radius 3 is 1.42 bits per heavy atom. The van der Waals surface area contributed by atoms with Gasteiger partial charge >= 0.3 is 0 Å². The third-order valence-corrected chi connectivity index (χ3v) is 5.34. The smallest absolute Gasteiger partial charge is 0.0415 e. The zero-order valence-corrected chi connectivity index (χ0v) is 15.7. The molecule has 2 nitrogen and oxygen atoms in total. The number of rotatable bonds is 9. The Labute approximate surface area is 148 Å². The van der Waals surface area contributed by atoms with Crippen molar-refractivity contribution in [2.75, 3.05) is 24.5 Å². The first-order valence-corrected chi connectivity index (χ1v) is 9.33. The molecule has 2 aromatic rings. The highest BCUT2D eigenvalue weighted by Gasteiger charge is 2.34. The van der Waals surface area contributed by atoms with Crippen LogP contribution in [0.5, 0.6) is 0 Å². The second kappa shape index (κ2) is 8.89. The largest absolute Gasteiger partial charge is 0.340 e. The summed E-state index contributed by atoms with van der Waals surface area (Å²) in [5, 5.41) is 0. The quantitative estimate of drug-likeness (QED) is 0.581. The van der Waals surface area contributed by atoms with Gasteiger partial charge in [0.05, 0.1) is 0 Å². The maximum atomic E-state index is 2.63. The van der Waals surface area contributed by atoms with Gasteiger partial charge in [0.2, 0.25) is 0 Å². The van der Waals surface area contributed by atoms with Gasteiger partial charge in [-0.15, -0.1) is 0 Å². The third kappa shape index (κ3) is 3.99. The van der Waals surface area contributed by atoms with Crippen molar-refractivity contribution >= 4 is 11.4 Å². The van der Waals surface area contributed by atoms with E-state index >= 15 is 0 Å². The first-order valence-electron chi connectivity index (χ1n) is 9.33. The van der Waals surface area contributed by atoms with Gasteiger partial charge in [0.25, 0.3) is 0 Å². The normalized spacial score (nSPS) is 11.7. The summed E-state index contributed by atoms with van der Waals surface area (Å²) in [6, 6.07) is 21.5. The summed E-state index contributed by atoms with van der Waals surface area (Å²) in [7, 11) is 0. The van der Waals surface area contributed by atoms with Crippen LogP contribution in [0, 0.1) is 0 Å². The second-order valence-electron chi connectivity index (χ2n) is 6.36. The van der Waals surface area contributed by atoms with Crippen LogP contribution >= 0.6 is 0 Å². The number of benzene rings is 2. The standard InChI is InChI=1S/C22H32N2/c1-5-22(6-2,23(7-3)8-4)19-24(20-15-11-9-12-16-20)21-17-13-10-14-18-21/h9-18H,5-8,19H2,1-4H3. The van der Waals surface area contributed by atoms with Gasteiger partial charge in [-0.1, -0.05) is 64.1 Å².